The first-order valence-corrected chi connectivity index (χ1v) is 10.9. The number of carbonyl (C=O) groups is 2. The Kier molecular flexibility index (Phi) is 5.85. The zero-order chi connectivity index (χ0) is 21.1. The minimum absolute atomic E-state index is 0.165. The summed E-state index contributed by atoms with van der Waals surface area (Å²) in [6.45, 7) is 2.80. The molecule has 2 amide bonds. The Morgan fingerprint density at radius 2 is 1.83 bits per heavy atom. The largest absolute Gasteiger partial charge is 0.366 e. The molecule has 0 aliphatic heterocycles. The molecule has 1 aromatic heterocycles. The second-order valence-corrected chi connectivity index (χ2v) is 8.13. The highest BCUT2D eigenvalue weighted by Crippen LogP contribution is 2.54. The molecule has 0 saturated heterocycles. The zero-order valence-corrected chi connectivity index (χ0v) is 17.4. The average Bonchev–Trinajstić information content (AvgIpc) is 3.45. The summed E-state index contributed by atoms with van der Waals surface area (Å²) in [7, 11) is 0. The number of nitrogens with two attached hydrogens (primary N) is 1. The number of nitrogens with zero attached hydrogens (tertiary/aromatic N) is 3. The molecule has 1 saturated carbocycles. The molecular formula is C22H23N5O2S. The summed E-state index contributed by atoms with van der Waals surface area (Å²) in [4.78, 5) is 23.9. The second-order valence-electron chi connectivity index (χ2n) is 7.19. The van der Waals surface area contributed by atoms with Crippen LogP contribution in [-0.2, 0) is 11.3 Å². The molecule has 1 fully saturated rings. The van der Waals surface area contributed by atoms with Crippen LogP contribution in [0.3, 0.4) is 0 Å². The standard InChI is InChI=1S/C22H23N5O2S/c1-2-27-21(17-12-16(17)14-8-4-3-5-9-14)25-26-22(27)30-13-19(28)24-18-11-7-6-10-15(18)20(23)29/h3-11,16-17H,2,12-13H2,1H3,(H2,23,29)(H,24,28). The Balaban J connectivity index is 1.40. The second kappa shape index (κ2) is 8.71. The van der Waals surface area contributed by atoms with E-state index < -0.39 is 5.91 Å². The molecule has 154 valence electrons. The predicted molar refractivity (Wildman–Crippen MR) is 117 cm³/mol. The number of amides is 2. The van der Waals surface area contributed by atoms with Crippen LogP contribution < -0.4 is 11.1 Å². The first-order chi connectivity index (χ1) is 14.6. The van der Waals surface area contributed by atoms with Crippen molar-refractivity contribution in [2.75, 3.05) is 11.1 Å². The molecule has 1 aliphatic rings. The summed E-state index contributed by atoms with van der Waals surface area (Å²) in [5.41, 5.74) is 7.40. The number of thioether (sulfide) groups is 1. The van der Waals surface area contributed by atoms with E-state index in [1.807, 2.05) is 6.07 Å². The van der Waals surface area contributed by atoms with E-state index in [0.29, 0.717) is 17.5 Å². The number of carbonyl (C=O) groups excluding carboxylic acids is 2. The lowest BCUT2D eigenvalue weighted by Crippen LogP contribution is -2.19. The van der Waals surface area contributed by atoms with Gasteiger partial charge in [-0.3, -0.25) is 9.59 Å². The molecule has 2 atom stereocenters. The highest BCUT2D eigenvalue weighted by Gasteiger charge is 2.43. The molecule has 2 aromatic carbocycles. The lowest BCUT2D eigenvalue weighted by molar-refractivity contribution is -0.113. The first-order valence-electron chi connectivity index (χ1n) is 9.88. The van der Waals surface area contributed by atoms with Gasteiger partial charge in [0.1, 0.15) is 5.82 Å². The third-order valence-electron chi connectivity index (χ3n) is 5.21. The molecule has 4 rings (SSSR count). The Labute approximate surface area is 179 Å². The Morgan fingerprint density at radius 3 is 2.57 bits per heavy atom. The number of aromatic nitrogens is 3. The van der Waals surface area contributed by atoms with Crippen molar-refractivity contribution in [2.45, 2.75) is 36.9 Å². The maximum atomic E-state index is 12.4. The summed E-state index contributed by atoms with van der Waals surface area (Å²) < 4.78 is 2.09. The van der Waals surface area contributed by atoms with Gasteiger partial charge in [0, 0.05) is 12.5 Å². The van der Waals surface area contributed by atoms with Crippen molar-refractivity contribution in [1.29, 1.82) is 0 Å². The molecule has 0 bridgehead atoms. The highest BCUT2D eigenvalue weighted by molar-refractivity contribution is 7.99. The van der Waals surface area contributed by atoms with E-state index in [2.05, 4.69) is 51.3 Å². The molecule has 2 unspecified atom stereocenters. The highest BCUT2D eigenvalue weighted by atomic mass is 32.2. The lowest BCUT2D eigenvalue weighted by Gasteiger charge is -2.09. The predicted octanol–water partition coefficient (Wildman–Crippen LogP) is 3.40. The van der Waals surface area contributed by atoms with Crippen LogP contribution in [0.1, 0.15) is 46.9 Å². The Morgan fingerprint density at radius 1 is 1.10 bits per heavy atom. The molecule has 1 heterocycles. The van der Waals surface area contributed by atoms with E-state index in [1.165, 1.54) is 17.3 Å². The summed E-state index contributed by atoms with van der Waals surface area (Å²) >= 11 is 1.34. The number of hydrogen-bond donors (Lipinski definition) is 2. The van der Waals surface area contributed by atoms with Crippen molar-refractivity contribution in [1.82, 2.24) is 14.8 Å². The van der Waals surface area contributed by atoms with Gasteiger partial charge in [0.25, 0.3) is 5.91 Å². The lowest BCUT2D eigenvalue weighted by atomic mass is 10.1. The summed E-state index contributed by atoms with van der Waals surface area (Å²) in [5, 5.41) is 12.2. The van der Waals surface area contributed by atoms with E-state index >= 15 is 0 Å². The summed E-state index contributed by atoms with van der Waals surface area (Å²) in [6.07, 6.45) is 1.07. The van der Waals surface area contributed by atoms with Gasteiger partial charge >= 0.3 is 0 Å². The molecule has 30 heavy (non-hydrogen) atoms. The van der Waals surface area contributed by atoms with Crippen molar-refractivity contribution < 1.29 is 9.59 Å². The van der Waals surface area contributed by atoms with E-state index in [-0.39, 0.29) is 17.2 Å². The monoisotopic (exact) mass is 421 g/mol. The van der Waals surface area contributed by atoms with Crippen LogP contribution in [-0.4, -0.2) is 32.3 Å². The topological polar surface area (TPSA) is 103 Å². The maximum absolute atomic E-state index is 12.4. The number of benzene rings is 2. The average molecular weight is 422 g/mol. The summed E-state index contributed by atoms with van der Waals surface area (Å²) in [5.74, 6) is 1.18. The smallest absolute Gasteiger partial charge is 0.250 e. The molecule has 7 nitrogen and oxygen atoms in total. The van der Waals surface area contributed by atoms with Crippen LogP contribution in [0.15, 0.2) is 59.8 Å². The molecule has 1 aliphatic carbocycles. The zero-order valence-electron chi connectivity index (χ0n) is 16.6. The fourth-order valence-corrected chi connectivity index (χ4v) is 4.46. The van der Waals surface area contributed by atoms with Crippen LogP contribution in [0.4, 0.5) is 5.69 Å². The quantitative estimate of drug-likeness (QED) is 0.543. The van der Waals surface area contributed by atoms with Gasteiger partial charge in [0.15, 0.2) is 5.16 Å². The van der Waals surface area contributed by atoms with Crippen molar-refractivity contribution in [2.24, 2.45) is 5.73 Å². The maximum Gasteiger partial charge on any atom is 0.250 e. The van der Waals surface area contributed by atoms with Crippen LogP contribution in [0.5, 0.6) is 0 Å². The molecular weight excluding hydrogens is 398 g/mol. The first kappa shape index (κ1) is 20.2. The van der Waals surface area contributed by atoms with Gasteiger partial charge in [0.2, 0.25) is 5.91 Å². The van der Waals surface area contributed by atoms with Crippen LogP contribution in [0.2, 0.25) is 0 Å². The van der Waals surface area contributed by atoms with E-state index in [1.54, 1.807) is 24.3 Å². The van der Waals surface area contributed by atoms with Crippen molar-refractivity contribution in [3.05, 3.63) is 71.5 Å². The number of nitrogens with one attached hydrogen (secondary N) is 1. The number of rotatable bonds is 8. The van der Waals surface area contributed by atoms with Crippen LogP contribution >= 0.6 is 11.8 Å². The summed E-state index contributed by atoms with van der Waals surface area (Å²) in [6, 6.07) is 17.1. The number of hydrogen-bond acceptors (Lipinski definition) is 5. The van der Waals surface area contributed by atoms with Gasteiger partial charge in [-0.1, -0.05) is 54.2 Å². The van der Waals surface area contributed by atoms with Crippen molar-refractivity contribution in [3.8, 4) is 0 Å². The number of primary amides is 1. The van der Waals surface area contributed by atoms with Gasteiger partial charge in [-0.05, 0) is 37.0 Å². The van der Waals surface area contributed by atoms with Crippen molar-refractivity contribution >= 4 is 29.3 Å². The van der Waals surface area contributed by atoms with E-state index in [4.69, 9.17) is 5.73 Å². The molecule has 3 N–H and O–H groups in total. The third-order valence-corrected chi connectivity index (χ3v) is 6.18. The molecule has 0 radical (unpaired) electrons. The van der Waals surface area contributed by atoms with Gasteiger partial charge in [0.05, 0.1) is 17.0 Å². The van der Waals surface area contributed by atoms with Crippen LogP contribution in [0.25, 0.3) is 0 Å². The SMILES string of the molecule is CCn1c(SCC(=O)Nc2ccccc2C(N)=O)nnc1C1CC1c1ccccc1. The third kappa shape index (κ3) is 4.23. The van der Waals surface area contributed by atoms with Crippen molar-refractivity contribution in [3.63, 3.8) is 0 Å². The molecule has 8 heteroatoms. The van der Waals surface area contributed by atoms with E-state index in [0.717, 1.165) is 23.9 Å². The van der Waals surface area contributed by atoms with Gasteiger partial charge < -0.3 is 15.6 Å². The van der Waals surface area contributed by atoms with Gasteiger partial charge in [-0.2, -0.15) is 0 Å². The minimum atomic E-state index is -0.577. The number of anilines is 1. The Bertz CT molecular complexity index is 1070. The normalized spacial score (nSPS) is 17.5. The Hall–Kier alpha value is -3.13. The molecule has 3 aromatic rings. The fourth-order valence-electron chi connectivity index (χ4n) is 3.65. The van der Waals surface area contributed by atoms with Gasteiger partial charge in [-0.25, -0.2) is 0 Å². The molecule has 0 spiro atoms. The van der Waals surface area contributed by atoms with Crippen LogP contribution in [0, 0.1) is 0 Å². The number of para-hydroxylation sites is 1. The minimum Gasteiger partial charge on any atom is -0.366 e. The van der Waals surface area contributed by atoms with Gasteiger partial charge in [-0.15, -0.1) is 10.2 Å². The fraction of sp³-hybridized carbons (Fsp3) is 0.273. The van der Waals surface area contributed by atoms with E-state index in [9.17, 15) is 9.59 Å².